The Morgan fingerprint density at radius 3 is 2.82 bits per heavy atom. The van der Waals surface area contributed by atoms with Gasteiger partial charge in [0.05, 0.1) is 6.26 Å². The summed E-state index contributed by atoms with van der Waals surface area (Å²) in [4.78, 5) is 4.13. The topological polar surface area (TPSA) is 76.3 Å². The van der Waals surface area contributed by atoms with Gasteiger partial charge in [0.1, 0.15) is 0 Å². The van der Waals surface area contributed by atoms with E-state index in [-0.39, 0.29) is 0 Å². The molecule has 0 radical (unpaired) electrons. The molecule has 0 amide bonds. The lowest BCUT2D eigenvalue weighted by atomic mass is 10.0. The van der Waals surface area contributed by atoms with Crippen molar-refractivity contribution in [3.63, 3.8) is 0 Å². The van der Waals surface area contributed by atoms with E-state index >= 15 is 0 Å². The molecule has 2 rings (SSSR count). The summed E-state index contributed by atoms with van der Waals surface area (Å²) in [6.07, 6.45) is 3.84. The smallest absolute Gasteiger partial charge is 0.223 e. The maximum atomic E-state index is 11.3. The van der Waals surface area contributed by atoms with Crippen LogP contribution in [0, 0.1) is 12.8 Å². The van der Waals surface area contributed by atoms with Crippen LogP contribution >= 0.6 is 0 Å². The molecule has 7 heteroatoms. The van der Waals surface area contributed by atoms with Crippen molar-refractivity contribution in [2.45, 2.75) is 26.2 Å². The Bertz CT molecular complexity index is 483. The number of hydrogen-bond acceptors (Lipinski definition) is 5. The van der Waals surface area contributed by atoms with E-state index in [0.717, 1.165) is 19.3 Å². The Morgan fingerprint density at radius 1 is 1.53 bits per heavy atom. The van der Waals surface area contributed by atoms with E-state index in [1.165, 1.54) is 6.26 Å². The zero-order chi connectivity index (χ0) is 12.5. The van der Waals surface area contributed by atoms with Crippen LogP contribution < -0.4 is 0 Å². The van der Waals surface area contributed by atoms with Gasteiger partial charge in [0.2, 0.25) is 15.9 Å². The fourth-order valence-electron chi connectivity index (χ4n) is 2.11. The molecule has 1 aliphatic rings. The summed E-state index contributed by atoms with van der Waals surface area (Å²) >= 11 is 0. The number of nitrogens with zero attached hydrogens (tertiary/aromatic N) is 3. The van der Waals surface area contributed by atoms with Crippen LogP contribution in [-0.4, -0.2) is 42.2 Å². The van der Waals surface area contributed by atoms with E-state index in [4.69, 9.17) is 4.52 Å². The summed E-state index contributed by atoms with van der Waals surface area (Å²) < 4.78 is 29.1. The second-order valence-electron chi connectivity index (χ2n) is 4.54. The van der Waals surface area contributed by atoms with Crippen LogP contribution in [0.25, 0.3) is 0 Å². The first kappa shape index (κ1) is 12.5. The number of sulfonamides is 1. The molecule has 2 heterocycles. The minimum absolute atomic E-state index is 0.406. The van der Waals surface area contributed by atoms with Crippen molar-refractivity contribution in [2.24, 2.45) is 5.92 Å². The summed E-state index contributed by atoms with van der Waals surface area (Å²) in [5, 5.41) is 3.83. The lowest BCUT2D eigenvalue weighted by Gasteiger charge is -2.12. The molecule has 0 N–H and O–H groups in total. The SMILES string of the molecule is Cc1nc(CCC2CCN(S(C)(=O)=O)C2)no1. The van der Waals surface area contributed by atoms with Crippen molar-refractivity contribution in [3.8, 4) is 0 Å². The highest BCUT2D eigenvalue weighted by Crippen LogP contribution is 2.22. The van der Waals surface area contributed by atoms with E-state index in [0.29, 0.717) is 30.7 Å². The first-order valence-corrected chi connectivity index (χ1v) is 7.54. The largest absolute Gasteiger partial charge is 0.340 e. The highest BCUT2D eigenvalue weighted by molar-refractivity contribution is 7.88. The molecule has 0 aliphatic carbocycles. The average Bonchev–Trinajstić information content (AvgIpc) is 2.82. The molecule has 17 heavy (non-hydrogen) atoms. The van der Waals surface area contributed by atoms with Crippen molar-refractivity contribution in [2.75, 3.05) is 19.3 Å². The third kappa shape index (κ3) is 3.26. The highest BCUT2D eigenvalue weighted by Gasteiger charge is 2.28. The molecule has 1 atom stereocenters. The van der Waals surface area contributed by atoms with Crippen LogP contribution in [0.3, 0.4) is 0 Å². The molecule has 1 saturated heterocycles. The van der Waals surface area contributed by atoms with Crippen molar-refractivity contribution in [1.29, 1.82) is 0 Å². The summed E-state index contributed by atoms with van der Waals surface area (Å²) in [7, 11) is -3.03. The van der Waals surface area contributed by atoms with Gasteiger partial charge in [-0.2, -0.15) is 4.98 Å². The van der Waals surface area contributed by atoms with E-state index in [2.05, 4.69) is 10.1 Å². The van der Waals surface area contributed by atoms with Gasteiger partial charge in [-0.1, -0.05) is 5.16 Å². The summed E-state index contributed by atoms with van der Waals surface area (Å²) in [6.45, 7) is 3.02. The van der Waals surface area contributed by atoms with Crippen molar-refractivity contribution >= 4 is 10.0 Å². The van der Waals surface area contributed by atoms with Gasteiger partial charge in [0.25, 0.3) is 0 Å². The number of rotatable bonds is 4. The second-order valence-corrected chi connectivity index (χ2v) is 6.53. The minimum atomic E-state index is -3.03. The lowest BCUT2D eigenvalue weighted by Crippen LogP contribution is -2.27. The third-order valence-electron chi connectivity index (χ3n) is 3.06. The van der Waals surface area contributed by atoms with Gasteiger partial charge >= 0.3 is 0 Å². The molecular formula is C10H17N3O3S. The second kappa shape index (κ2) is 4.73. The van der Waals surface area contributed by atoms with Gasteiger partial charge < -0.3 is 4.52 Å². The maximum absolute atomic E-state index is 11.3. The Hall–Kier alpha value is -0.950. The van der Waals surface area contributed by atoms with Crippen LogP contribution in [0.15, 0.2) is 4.52 Å². The zero-order valence-corrected chi connectivity index (χ0v) is 10.9. The number of aryl methyl sites for hydroxylation is 2. The van der Waals surface area contributed by atoms with E-state index in [1.807, 2.05) is 0 Å². The zero-order valence-electron chi connectivity index (χ0n) is 10.1. The molecule has 1 fully saturated rings. The van der Waals surface area contributed by atoms with Gasteiger partial charge in [0.15, 0.2) is 5.82 Å². The van der Waals surface area contributed by atoms with E-state index < -0.39 is 10.0 Å². The van der Waals surface area contributed by atoms with E-state index in [9.17, 15) is 8.42 Å². The van der Waals surface area contributed by atoms with Crippen LogP contribution in [0.5, 0.6) is 0 Å². The van der Waals surface area contributed by atoms with E-state index in [1.54, 1.807) is 11.2 Å². The van der Waals surface area contributed by atoms with Crippen LogP contribution in [-0.2, 0) is 16.4 Å². The fraction of sp³-hybridized carbons (Fsp3) is 0.800. The molecule has 1 aromatic rings. The van der Waals surface area contributed by atoms with Crippen molar-refractivity contribution in [1.82, 2.24) is 14.4 Å². The standard InChI is InChI=1S/C10H17N3O3S/c1-8-11-10(12-16-8)4-3-9-5-6-13(7-9)17(2,14)15/h9H,3-7H2,1-2H3. The van der Waals surface area contributed by atoms with Gasteiger partial charge in [0, 0.05) is 26.4 Å². The van der Waals surface area contributed by atoms with Gasteiger partial charge in [-0.3, -0.25) is 0 Å². The Morgan fingerprint density at radius 2 is 2.29 bits per heavy atom. The fourth-order valence-corrected chi connectivity index (χ4v) is 3.03. The molecule has 0 bridgehead atoms. The lowest BCUT2D eigenvalue weighted by molar-refractivity contribution is 0.384. The Balaban J connectivity index is 1.82. The van der Waals surface area contributed by atoms with Crippen LogP contribution in [0.1, 0.15) is 24.6 Å². The number of hydrogen-bond donors (Lipinski definition) is 0. The van der Waals surface area contributed by atoms with Crippen LogP contribution in [0.4, 0.5) is 0 Å². The van der Waals surface area contributed by atoms with Crippen molar-refractivity contribution < 1.29 is 12.9 Å². The first-order chi connectivity index (χ1) is 7.95. The first-order valence-electron chi connectivity index (χ1n) is 5.69. The molecule has 6 nitrogen and oxygen atoms in total. The minimum Gasteiger partial charge on any atom is -0.340 e. The summed E-state index contributed by atoms with van der Waals surface area (Å²) in [5.41, 5.74) is 0. The van der Waals surface area contributed by atoms with Gasteiger partial charge in [-0.05, 0) is 18.8 Å². The van der Waals surface area contributed by atoms with Crippen molar-refractivity contribution in [3.05, 3.63) is 11.7 Å². The van der Waals surface area contributed by atoms with Crippen LogP contribution in [0.2, 0.25) is 0 Å². The monoisotopic (exact) mass is 259 g/mol. The summed E-state index contributed by atoms with van der Waals surface area (Å²) in [6, 6.07) is 0. The highest BCUT2D eigenvalue weighted by atomic mass is 32.2. The third-order valence-corrected chi connectivity index (χ3v) is 4.33. The predicted molar refractivity (Wildman–Crippen MR) is 61.9 cm³/mol. The molecule has 0 saturated carbocycles. The molecule has 0 spiro atoms. The molecular weight excluding hydrogens is 242 g/mol. The molecule has 0 aromatic carbocycles. The molecule has 96 valence electrons. The summed E-state index contributed by atoms with van der Waals surface area (Å²) in [5.74, 6) is 1.69. The number of aromatic nitrogens is 2. The Kier molecular flexibility index (Phi) is 3.48. The average molecular weight is 259 g/mol. The molecule has 1 unspecified atom stereocenters. The normalized spacial score (nSPS) is 22.1. The molecule has 1 aromatic heterocycles. The van der Waals surface area contributed by atoms with Gasteiger partial charge in [-0.25, -0.2) is 12.7 Å². The maximum Gasteiger partial charge on any atom is 0.223 e. The quantitative estimate of drug-likeness (QED) is 0.791. The molecule has 1 aliphatic heterocycles. The predicted octanol–water partition coefficient (Wildman–Crippen LogP) is 0.592. The van der Waals surface area contributed by atoms with Gasteiger partial charge in [-0.15, -0.1) is 0 Å². The Labute approximate surface area is 101 Å².